The van der Waals surface area contributed by atoms with Gasteiger partial charge in [-0.25, -0.2) is 4.79 Å². The van der Waals surface area contributed by atoms with E-state index in [2.05, 4.69) is 29.6 Å². The lowest BCUT2D eigenvalue weighted by atomic mass is 10.0. The van der Waals surface area contributed by atoms with Gasteiger partial charge in [-0.3, -0.25) is 0 Å². The molecule has 3 nitrogen and oxygen atoms in total. The van der Waals surface area contributed by atoms with Crippen LogP contribution in [0.4, 0.5) is 4.79 Å². The maximum atomic E-state index is 12.0. The Hall–Kier alpha value is -1.51. The standard InChI is InChI=1S/C14H18N2O/c17-14(15-13-5-6-13)16-9-7-11-3-1-2-4-12(11)8-10-16/h1-4,13H,5-10H2,(H,15,17). The molecule has 3 heteroatoms. The molecule has 1 aromatic carbocycles. The van der Waals surface area contributed by atoms with Gasteiger partial charge < -0.3 is 10.2 Å². The third-order valence-electron chi connectivity index (χ3n) is 3.61. The number of urea groups is 1. The average molecular weight is 230 g/mol. The van der Waals surface area contributed by atoms with E-state index >= 15 is 0 Å². The molecule has 17 heavy (non-hydrogen) atoms. The Morgan fingerprint density at radius 1 is 1.12 bits per heavy atom. The van der Waals surface area contributed by atoms with E-state index in [9.17, 15) is 4.79 Å². The van der Waals surface area contributed by atoms with Crippen LogP contribution in [0.5, 0.6) is 0 Å². The van der Waals surface area contributed by atoms with Crippen LogP contribution in [0.3, 0.4) is 0 Å². The van der Waals surface area contributed by atoms with E-state index in [1.165, 1.54) is 11.1 Å². The van der Waals surface area contributed by atoms with Gasteiger partial charge in [-0.1, -0.05) is 24.3 Å². The van der Waals surface area contributed by atoms with Gasteiger partial charge in [0.2, 0.25) is 0 Å². The molecule has 0 saturated heterocycles. The van der Waals surface area contributed by atoms with Crippen molar-refractivity contribution in [2.24, 2.45) is 0 Å². The Morgan fingerprint density at radius 2 is 1.71 bits per heavy atom. The quantitative estimate of drug-likeness (QED) is 0.786. The number of amides is 2. The molecule has 3 rings (SSSR count). The SMILES string of the molecule is O=C(NC1CC1)N1CCc2ccccc2CC1. The minimum absolute atomic E-state index is 0.125. The van der Waals surface area contributed by atoms with Crippen molar-refractivity contribution in [3.05, 3.63) is 35.4 Å². The summed E-state index contributed by atoms with van der Waals surface area (Å²) >= 11 is 0. The van der Waals surface area contributed by atoms with E-state index in [1.54, 1.807) is 0 Å². The van der Waals surface area contributed by atoms with Crippen LogP contribution in [0.25, 0.3) is 0 Å². The molecule has 1 heterocycles. The molecule has 0 bridgehead atoms. The monoisotopic (exact) mass is 230 g/mol. The molecule has 0 atom stereocenters. The number of hydrogen-bond acceptors (Lipinski definition) is 1. The van der Waals surface area contributed by atoms with Gasteiger partial charge in [0.05, 0.1) is 0 Å². The lowest BCUT2D eigenvalue weighted by Crippen LogP contribution is -2.42. The zero-order valence-electron chi connectivity index (χ0n) is 9.98. The molecular formula is C14H18N2O. The van der Waals surface area contributed by atoms with Gasteiger partial charge in [0, 0.05) is 19.1 Å². The second-order valence-electron chi connectivity index (χ2n) is 4.98. The molecule has 0 radical (unpaired) electrons. The normalized spacial score (nSPS) is 19.4. The third-order valence-corrected chi connectivity index (χ3v) is 3.61. The first-order chi connectivity index (χ1) is 8.33. The van der Waals surface area contributed by atoms with Crippen molar-refractivity contribution in [1.29, 1.82) is 0 Å². The largest absolute Gasteiger partial charge is 0.335 e. The molecule has 1 aromatic rings. The highest BCUT2D eigenvalue weighted by Gasteiger charge is 2.26. The lowest BCUT2D eigenvalue weighted by Gasteiger charge is -2.20. The van der Waals surface area contributed by atoms with E-state index in [0.717, 1.165) is 38.8 Å². The fraction of sp³-hybridized carbons (Fsp3) is 0.500. The van der Waals surface area contributed by atoms with E-state index in [4.69, 9.17) is 0 Å². The second-order valence-corrected chi connectivity index (χ2v) is 4.98. The van der Waals surface area contributed by atoms with Crippen molar-refractivity contribution >= 4 is 6.03 Å². The van der Waals surface area contributed by atoms with Crippen LogP contribution < -0.4 is 5.32 Å². The lowest BCUT2D eigenvalue weighted by molar-refractivity contribution is 0.200. The summed E-state index contributed by atoms with van der Waals surface area (Å²) in [6, 6.07) is 9.10. The summed E-state index contributed by atoms with van der Waals surface area (Å²) in [4.78, 5) is 13.9. The van der Waals surface area contributed by atoms with Crippen LogP contribution in [0, 0.1) is 0 Å². The summed E-state index contributed by atoms with van der Waals surface area (Å²) < 4.78 is 0. The molecule has 0 spiro atoms. The highest BCUT2D eigenvalue weighted by molar-refractivity contribution is 5.75. The summed E-state index contributed by atoms with van der Waals surface area (Å²) in [5, 5.41) is 3.07. The number of nitrogens with zero attached hydrogens (tertiary/aromatic N) is 1. The van der Waals surface area contributed by atoms with Gasteiger partial charge in [-0.05, 0) is 36.8 Å². The van der Waals surface area contributed by atoms with E-state index in [1.807, 2.05) is 4.90 Å². The zero-order valence-corrected chi connectivity index (χ0v) is 9.98. The number of benzene rings is 1. The molecule has 1 saturated carbocycles. The molecule has 2 amide bonds. The van der Waals surface area contributed by atoms with Crippen molar-refractivity contribution in [1.82, 2.24) is 10.2 Å². The van der Waals surface area contributed by atoms with Crippen molar-refractivity contribution in [2.75, 3.05) is 13.1 Å². The van der Waals surface area contributed by atoms with Gasteiger partial charge in [0.15, 0.2) is 0 Å². The second kappa shape index (κ2) is 4.40. The molecular weight excluding hydrogens is 212 g/mol. The van der Waals surface area contributed by atoms with Crippen LogP contribution in [-0.4, -0.2) is 30.1 Å². The van der Waals surface area contributed by atoms with Crippen molar-refractivity contribution < 1.29 is 4.79 Å². The first-order valence-corrected chi connectivity index (χ1v) is 6.45. The maximum Gasteiger partial charge on any atom is 0.317 e. The minimum atomic E-state index is 0.125. The molecule has 1 N–H and O–H groups in total. The number of nitrogens with one attached hydrogen (secondary N) is 1. The predicted molar refractivity (Wildman–Crippen MR) is 67.0 cm³/mol. The van der Waals surface area contributed by atoms with E-state index in [-0.39, 0.29) is 6.03 Å². The van der Waals surface area contributed by atoms with Gasteiger partial charge >= 0.3 is 6.03 Å². The Labute approximate surface area is 102 Å². The van der Waals surface area contributed by atoms with Crippen LogP contribution in [0.15, 0.2) is 24.3 Å². The first kappa shape index (κ1) is 10.6. The number of rotatable bonds is 1. The Bertz CT molecular complexity index is 399. The maximum absolute atomic E-state index is 12.0. The smallest absolute Gasteiger partial charge is 0.317 e. The molecule has 1 fully saturated rings. The average Bonchev–Trinajstić information content (AvgIpc) is 3.14. The van der Waals surface area contributed by atoms with Gasteiger partial charge in [0.25, 0.3) is 0 Å². The van der Waals surface area contributed by atoms with Gasteiger partial charge in [0.1, 0.15) is 0 Å². The Balaban J connectivity index is 1.65. The molecule has 1 aliphatic heterocycles. The fourth-order valence-corrected chi connectivity index (χ4v) is 2.36. The molecule has 0 aromatic heterocycles. The molecule has 0 unspecified atom stereocenters. The topological polar surface area (TPSA) is 32.3 Å². The van der Waals surface area contributed by atoms with Crippen molar-refractivity contribution in [3.8, 4) is 0 Å². The first-order valence-electron chi connectivity index (χ1n) is 6.45. The van der Waals surface area contributed by atoms with E-state index in [0.29, 0.717) is 6.04 Å². The summed E-state index contributed by atoms with van der Waals surface area (Å²) in [6.45, 7) is 1.69. The third kappa shape index (κ3) is 2.43. The Kier molecular flexibility index (Phi) is 2.75. The fourth-order valence-electron chi connectivity index (χ4n) is 2.36. The molecule has 2 aliphatic rings. The summed E-state index contributed by atoms with van der Waals surface area (Å²) in [5.41, 5.74) is 2.79. The summed E-state index contributed by atoms with van der Waals surface area (Å²) in [7, 11) is 0. The molecule has 1 aliphatic carbocycles. The molecule has 90 valence electrons. The van der Waals surface area contributed by atoms with Gasteiger partial charge in [-0.2, -0.15) is 0 Å². The summed E-state index contributed by atoms with van der Waals surface area (Å²) in [6.07, 6.45) is 4.27. The number of hydrogen-bond donors (Lipinski definition) is 1. The van der Waals surface area contributed by atoms with Crippen LogP contribution in [-0.2, 0) is 12.8 Å². The highest BCUT2D eigenvalue weighted by atomic mass is 16.2. The Morgan fingerprint density at radius 3 is 2.24 bits per heavy atom. The van der Waals surface area contributed by atoms with Crippen molar-refractivity contribution in [3.63, 3.8) is 0 Å². The highest BCUT2D eigenvalue weighted by Crippen LogP contribution is 2.20. The summed E-state index contributed by atoms with van der Waals surface area (Å²) in [5.74, 6) is 0. The minimum Gasteiger partial charge on any atom is -0.335 e. The number of fused-ring (bicyclic) bond motifs is 1. The van der Waals surface area contributed by atoms with Crippen LogP contribution in [0.2, 0.25) is 0 Å². The van der Waals surface area contributed by atoms with Crippen LogP contribution in [0.1, 0.15) is 24.0 Å². The number of carbonyl (C=O) groups excluding carboxylic acids is 1. The van der Waals surface area contributed by atoms with E-state index < -0.39 is 0 Å². The van der Waals surface area contributed by atoms with Gasteiger partial charge in [-0.15, -0.1) is 0 Å². The zero-order chi connectivity index (χ0) is 11.7. The van der Waals surface area contributed by atoms with Crippen molar-refractivity contribution in [2.45, 2.75) is 31.7 Å². The van der Waals surface area contributed by atoms with Crippen LogP contribution >= 0.6 is 0 Å². The predicted octanol–water partition coefficient (Wildman–Crippen LogP) is 1.96. The number of carbonyl (C=O) groups is 1.